The lowest BCUT2D eigenvalue weighted by Crippen LogP contribution is -2.90. The Labute approximate surface area is 228 Å². The van der Waals surface area contributed by atoms with E-state index in [4.69, 9.17) is 18.9 Å². The molecule has 1 aromatic carbocycles. The number of rotatable bonds is 5. The number of nitrogens with zero attached hydrogens (tertiary/aromatic N) is 1. The fourth-order valence-electron chi connectivity index (χ4n) is 11.9. The minimum Gasteiger partial charge on any atom is -0.458 e. The number of carbonyl (C=O) groups excluding carboxylic acids is 1. The van der Waals surface area contributed by atoms with Crippen molar-refractivity contribution in [3.8, 4) is 0 Å². The minimum atomic E-state index is -1.82. The molecule has 9 heteroatoms. The van der Waals surface area contributed by atoms with Crippen LogP contribution in [0.1, 0.15) is 49.9 Å². The van der Waals surface area contributed by atoms with Crippen LogP contribution in [0.2, 0.25) is 0 Å². The summed E-state index contributed by atoms with van der Waals surface area (Å²) in [6.07, 6.45) is -0.529. The molecule has 2 unspecified atom stereocenters. The third kappa shape index (κ3) is 2.32. The molecule has 9 nitrogen and oxygen atoms in total. The van der Waals surface area contributed by atoms with Gasteiger partial charge >= 0.3 is 5.97 Å². The van der Waals surface area contributed by atoms with Gasteiger partial charge in [-0.3, -0.25) is 4.90 Å². The van der Waals surface area contributed by atoms with Gasteiger partial charge in [0.1, 0.15) is 23.5 Å². The number of carbonyl (C=O) groups is 1. The Morgan fingerprint density at radius 1 is 1.08 bits per heavy atom. The molecular formula is C30H39NO8. The number of hydrogen-bond donors (Lipinski definition) is 3. The molecule has 14 atom stereocenters. The van der Waals surface area contributed by atoms with Gasteiger partial charge in [-0.1, -0.05) is 32.0 Å². The van der Waals surface area contributed by atoms with Crippen LogP contribution in [0.4, 0.5) is 0 Å². The number of esters is 1. The Bertz CT molecular complexity index is 1230. The SMILES string of the molecule is CCN1C2O[C@H]3CC[C@]2(C)[C@H]2[C@H](OC)[C@@]4(O)C1[C@@]32[C@]1(O)C[C@H]2[C@H](OC(=O)c3ccccc3)[C@@H]1[C@]4(O)C[C@@H]2OC. The largest absolute Gasteiger partial charge is 0.458 e. The first kappa shape index (κ1) is 25.1. The van der Waals surface area contributed by atoms with Crippen molar-refractivity contribution in [2.45, 2.75) is 93.0 Å². The lowest BCUT2D eigenvalue weighted by Gasteiger charge is -2.77. The molecule has 5 saturated carbocycles. The zero-order valence-electron chi connectivity index (χ0n) is 22.9. The molecule has 4 heterocycles. The summed E-state index contributed by atoms with van der Waals surface area (Å²) in [5.74, 6) is -1.99. The molecule has 10 rings (SSSR count). The normalized spacial score (nSPS) is 57.7. The maximum atomic E-state index is 13.4. The zero-order valence-corrected chi connectivity index (χ0v) is 22.9. The summed E-state index contributed by atoms with van der Waals surface area (Å²) in [6.45, 7) is 4.85. The number of ether oxygens (including phenoxy) is 4. The topological polar surface area (TPSA) is 118 Å². The molecule has 212 valence electrons. The molecular weight excluding hydrogens is 502 g/mol. The van der Waals surface area contributed by atoms with E-state index in [9.17, 15) is 20.1 Å². The third-order valence-corrected chi connectivity index (χ3v) is 12.7. The Morgan fingerprint density at radius 3 is 2.49 bits per heavy atom. The second-order valence-electron chi connectivity index (χ2n) is 13.6. The van der Waals surface area contributed by atoms with Gasteiger partial charge in [0, 0.05) is 37.9 Å². The number of benzene rings is 1. The Hall–Kier alpha value is -1.59. The van der Waals surface area contributed by atoms with E-state index < -0.39 is 58.5 Å². The Morgan fingerprint density at radius 2 is 1.82 bits per heavy atom. The molecule has 0 radical (unpaired) electrons. The minimum absolute atomic E-state index is 0.126. The second-order valence-corrected chi connectivity index (χ2v) is 13.6. The van der Waals surface area contributed by atoms with E-state index in [1.807, 2.05) is 13.0 Å². The van der Waals surface area contributed by atoms with Crippen LogP contribution >= 0.6 is 0 Å². The predicted molar refractivity (Wildman–Crippen MR) is 136 cm³/mol. The number of fused-ring (bicyclic) bond motifs is 3. The Kier molecular flexibility index (Phi) is 4.79. The van der Waals surface area contributed by atoms with Gasteiger partial charge in [0.2, 0.25) is 0 Å². The highest BCUT2D eigenvalue weighted by atomic mass is 16.6. The summed E-state index contributed by atoms with van der Waals surface area (Å²) < 4.78 is 25.2. The van der Waals surface area contributed by atoms with Crippen LogP contribution in [0, 0.1) is 28.6 Å². The average molecular weight is 542 g/mol. The highest BCUT2D eigenvalue weighted by Gasteiger charge is 2.98. The quantitative estimate of drug-likeness (QED) is 0.475. The number of piperidine rings is 1. The van der Waals surface area contributed by atoms with Crippen LogP contribution in [-0.2, 0) is 18.9 Å². The lowest BCUT2D eigenvalue weighted by atomic mass is 9.39. The smallest absolute Gasteiger partial charge is 0.338 e. The van der Waals surface area contributed by atoms with Gasteiger partial charge in [0.15, 0.2) is 0 Å². The summed E-state index contributed by atoms with van der Waals surface area (Å²) in [5, 5.41) is 39.4. The average Bonchev–Trinajstić information content (AvgIpc) is 3.32. The fourth-order valence-corrected chi connectivity index (χ4v) is 11.9. The first-order valence-electron chi connectivity index (χ1n) is 14.5. The van der Waals surface area contributed by atoms with Crippen LogP contribution < -0.4 is 0 Å². The summed E-state index contributed by atoms with van der Waals surface area (Å²) in [4.78, 5) is 15.6. The van der Waals surface area contributed by atoms with Gasteiger partial charge in [-0.25, -0.2) is 4.79 Å². The molecule has 4 saturated heterocycles. The van der Waals surface area contributed by atoms with E-state index in [0.717, 1.165) is 12.8 Å². The molecule has 0 aromatic heterocycles. The monoisotopic (exact) mass is 541 g/mol. The molecule has 1 aromatic rings. The van der Waals surface area contributed by atoms with Gasteiger partial charge in [-0.05, 0) is 37.9 Å². The first-order chi connectivity index (χ1) is 18.6. The van der Waals surface area contributed by atoms with Crippen molar-refractivity contribution >= 4 is 5.97 Å². The second kappa shape index (κ2) is 7.43. The van der Waals surface area contributed by atoms with Gasteiger partial charge in [-0.2, -0.15) is 0 Å². The van der Waals surface area contributed by atoms with Crippen molar-refractivity contribution in [1.29, 1.82) is 0 Å². The van der Waals surface area contributed by atoms with E-state index in [2.05, 4.69) is 11.8 Å². The van der Waals surface area contributed by atoms with E-state index >= 15 is 0 Å². The predicted octanol–water partition coefficient (Wildman–Crippen LogP) is 1.33. The molecule has 9 fully saturated rings. The van der Waals surface area contributed by atoms with Gasteiger partial charge in [0.05, 0.1) is 46.9 Å². The first-order valence-corrected chi connectivity index (χ1v) is 14.5. The molecule has 5 aliphatic carbocycles. The van der Waals surface area contributed by atoms with Crippen molar-refractivity contribution in [3.63, 3.8) is 0 Å². The molecule has 39 heavy (non-hydrogen) atoms. The maximum Gasteiger partial charge on any atom is 0.338 e. The Balaban J connectivity index is 1.37. The lowest BCUT2D eigenvalue weighted by molar-refractivity contribution is -0.430. The highest BCUT2D eigenvalue weighted by Crippen LogP contribution is 2.84. The van der Waals surface area contributed by atoms with Crippen molar-refractivity contribution in [2.75, 3.05) is 20.8 Å². The third-order valence-electron chi connectivity index (χ3n) is 12.7. The fraction of sp³-hybridized carbons (Fsp3) is 0.767. The van der Waals surface area contributed by atoms with Crippen LogP contribution in [0.25, 0.3) is 0 Å². The van der Waals surface area contributed by atoms with Gasteiger partial charge < -0.3 is 34.3 Å². The van der Waals surface area contributed by atoms with Crippen molar-refractivity contribution < 1.29 is 39.1 Å². The van der Waals surface area contributed by atoms with Crippen LogP contribution in [0.5, 0.6) is 0 Å². The number of likely N-dealkylation sites (N-methyl/N-ethyl adjacent to an activating group) is 1. The molecule has 9 bridgehead atoms. The summed E-state index contributed by atoms with van der Waals surface area (Å²) in [7, 11) is 3.19. The van der Waals surface area contributed by atoms with E-state index in [0.29, 0.717) is 18.5 Å². The number of methoxy groups -OCH3 is 2. The van der Waals surface area contributed by atoms with Crippen molar-refractivity contribution in [1.82, 2.24) is 4.90 Å². The molecule has 4 aliphatic heterocycles. The maximum absolute atomic E-state index is 13.4. The van der Waals surface area contributed by atoms with E-state index in [1.54, 1.807) is 38.5 Å². The molecule has 9 aliphatic rings. The van der Waals surface area contributed by atoms with Gasteiger partial charge in [0.25, 0.3) is 0 Å². The van der Waals surface area contributed by atoms with Crippen LogP contribution in [-0.4, -0.2) is 100 Å². The van der Waals surface area contributed by atoms with E-state index in [-0.39, 0.29) is 36.0 Å². The van der Waals surface area contributed by atoms with Crippen LogP contribution in [0.3, 0.4) is 0 Å². The highest BCUT2D eigenvalue weighted by molar-refractivity contribution is 5.89. The molecule has 3 N–H and O–H groups in total. The van der Waals surface area contributed by atoms with Crippen LogP contribution in [0.15, 0.2) is 30.3 Å². The number of hydrogen-bond acceptors (Lipinski definition) is 9. The summed E-state index contributed by atoms with van der Waals surface area (Å²) >= 11 is 0. The zero-order chi connectivity index (χ0) is 27.3. The van der Waals surface area contributed by atoms with E-state index in [1.165, 1.54) is 0 Å². The van der Waals surface area contributed by atoms with Crippen molar-refractivity contribution in [2.24, 2.45) is 28.6 Å². The van der Waals surface area contributed by atoms with Gasteiger partial charge in [-0.15, -0.1) is 0 Å². The standard InChI is InChI=1S/C30H39NO8/c1-5-31-24-29-18-11-12-26(2,25(31)38-18)21(29)22(37-4)30(24,35)28(34)14-17(36-3)16-13-27(29,33)20(28)19(16)39-23(32)15-9-7-6-8-10-15/h6-10,16-22,24-25,33-35H,5,11-14H2,1-4H3/t16-,17+,18+,19+,20+,21-,22+,24?,25?,26-,27+,28-,29-,30-/m1/s1. The molecule has 1 spiro atoms. The number of aliphatic hydroxyl groups is 3. The summed E-state index contributed by atoms with van der Waals surface area (Å²) in [6, 6.07) is 8.21. The van der Waals surface area contributed by atoms with Crippen molar-refractivity contribution in [3.05, 3.63) is 35.9 Å². The molecule has 0 amide bonds. The summed E-state index contributed by atoms with van der Waals surface area (Å²) in [5.41, 5.74) is -5.90.